The van der Waals surface area contributed by atoms with Crippen LogP contribution in [0.25, 0.3) is 0 Å². The minimum absolute atomic E-state index is 0.0489. The Hall–Kier alpha value is -1.81. The summed E-state index contributed by atoms with van der Waals surface area (Å²) in [5.74, 6) is -0.152. The molecule has 0 bridgehead atoms. The number of aromatic amines is 1. The van der Waals surface area contributed by atoms with E-state index < -0.39 is 21.3 Å². The Morgan fingerprint density at radius 3 is 2.52 bits per heavy atom. The van der Waals surface area contributed by atoms with E-state index in [1.165, 1.54) is 4.57 Å². The summed E-state index contributed by atoms with van der Waals surface area (Å²) in [7, 11) is -3.54. The van der Waals surface area contributed by atoms with Crippen LogP contribution in [0.15, 0.2) is 9.59 Å². The van der Waals surface area contributed by atoms with Crippen LogP contribution in [-0.2, 0) is 16.6 Å². The molecule has 1 heterocycles. The predicted molar refractivity (Wildman–Crippen MR) is 81.7 cm³/mol. The van der Waals surface area contributed by atoms with E-state index in [0.717, 1.165) is 12.8 Å². The summed E-state index contributed by atoms with van der Waals surface area (Å²) in [6, 6.07) is 0. The zero-order valence-corrected chi connectivity index (χ0v) is 12.7. The van der Waals surface area contributed by atoms with Crippen LogP contribution in [0, 0.1) is 0 Å². The van der Waals surface area contributed by atoms with Gasteiger partial charge in [0.1, 0.15) is 11.5 Å². The highest BCUT2D eigenvalue weighted by atomic mass is 32.2. The molecule has 0 unspecified atom stereocenters. The molecule has 0 fully saturated rings. The minimum atomic E-state index is -3.54. The fourth-order valence-corrected chi connectivity index (χ4v) is 2.33. The van der Waals surface area contributed by atoms with E-state index in [1.54, 1.807) is 0 Å². The summed E-state index contributed by atoms with van der Waals surface area (Å²) in [5, 5.41) is 7.63. The molecule has 1 aromatic rings. The third kappa shape index (κ3) is 5.23. The van der Waals surface area contributed by atoms with Crippen molar-refractivity contribution in [1.29, 1.82) is 0 Å². The fourth-order valence-electron chi connectivity index (χ4n) is 1.78. The van der Waals surface area contributed by atoms with Gasteiger partial charge in [-0.25, -0.2) is 18.4 Å². The summed E-state index contributed by atoms with van der Waals surface area (Å²) in [6.07, 6.45) is 1.86. The van der Waals surface area contributed by atoms with Gasteiger partial charge in [0.15, 0.2) is 0 Å². The molecule has 0 aliphatic heterocycles. The zero-order chi connectivity index (χ0) is 16.0. The van der Waals surface area contributed by atoms with E-state index in [-0.39, 0.29) is 30.2 Å². The molecule has 1 rings (SSSR count). The molecule has 120 valence electrons. The molecule has 6 N–H and O–H groups in total. The Bertz CT molecular complexity index is 692. The predicted octanol–water partition coefficient (Wildman–Crippen LogP) is -0.991. The number of nitrogen functional groups attached to an aromatic ring is 1. The second kappa shape index (κ2) is 7.27. The van der Waals surface area contributed by atoms with E-state index >= 15 is 0 Å². The average Bonchev–Trinajstić information content (AvgIpc) is 2.36. The highest BCUT2D eigenvalue weighted by molar-refractivity contribution is 7.89. The number of aromatic nitrogens is 2. The Balaban J connectivity index is 2.87. The second-order valence-corrected chi connectivity index (χ2v) is 6.41. The Labute approximate surface area is 122 Å². The van der Waals surface area contributed by atoms with E-state index in [2.05, 4.69) is 10.3 Å². The molecule has 0 saturated carbocycles. The molecule has 0 atom stereocenters. The van der Waals surface area contributed by atoms with Gasteiger partial charge in [0.25, 0.3) is 5.56 Å². The number of sulfonamides is 1. The molecular formula is C11H21N5O4S. The molecule has 1 aromatic heterocycles. The first-order valence-corrected chi connectivity index (χ1v) is 8.34. The van der Waals surface area contributed by atoms with Crippen LogP contribution in [0.5, 0.6) is 0 Å². The zero-order valence-electron chi connectivity index (χ0n) is 11.9. The third-order valence-electron chi connectivity index (χ3n) is 2.88. The van der Waals surface area contributed by atoms with Crippen molar-refractivity contribution < 1.29 is 8.42 Å². The lowest BCUT2D eigenvalue weighted by Gasteiger charge is -2.13. The summed E-state index contributed by atoms with van der Waals surface area (Å²) >= 11 is 0. The van der Waals surface area contributed by atoms with Gasteiger partial charge in [0.2, 0.25) is 10.0 Å². The van der Waals surface area contributed by atoms with Crippen LogP contribution in [0.1, 0.15) is 26.2 Å². The summed E-state index contributed by atoms with van der Waals surface area (Å²) in [4.78, 5) is 25.6. The lowest BCUT2D eigenvalue weighted by Crippen LogP contribution is -2.34. The molecule has 0 saturated heterocycles. The SMILES string of the molecule is CCCCn1c(N)c(NCCCS(N)(=O)=O)c(=O)[nH]c1=O. The number of anilines is 2. The van der Waals surface area contributed by atoms with E-state index in [4.69, 9.17) is 10.9 Å². The van der Waals surface area contributed by atoms with Crippen LogP contribution < -0.4 is 27.4 Å². The second-order valence-electron chi connectivity index (χ2n) is 4.67. The van der Waals surface area contributed by atoms with Crippen LogP contribution >= 0.6 is 0 Å². The van der Waals surface area contributed by atoms with Gasteiger partial charge in [0.05, 0.1) is 5.75 Å². The Kier molecular flexibility index (Phi) is 5.97. The highest BCUT2D eigenvalue weighted by Crippen LogP contribution is 2.10. The number of primary sulfonamides is 1. The molecule has 0 aliphatic carbocycles. The normalized spacial score (nSPS) is 11.5. The van der Waals surface area contributed by atoms with Crippen LogP contribution in [0.4, 0.5) is 11.5 Å². The van der Waals surface area contributed by atoms with E-state index in [0.29, 0.717) is 6.54 Å². The van der Waals surface area contributed by atoms with Gasteiger partial charge in [0, 0.05) is 13.1 Å². The van der Waals surface area contributed by atoms with Crippen LogP contribution in [0.3, 0.4) is 0 Å². The van der Waals surface area contributed by atoms with Gasteiger partial charge in [-0.15, -0.1) is 0 Å². The quantitative estimate of drug-likeness (QED) is 0.451. The average molecular weight is 319 g/mol. The first-order chi connectivity index (χ1) is 9.76. The summed E-state index contributed by atoms with van der Waals surface area (Å²) in [6.45, 7) is 2.58. The van der Waals surface area contributed by atoms with Gasteiger partial charge in [-0.05, 0) is 12.8 Å². The first-order valence-electron chi connectivity index (χ1n) is 6.63. The van der Waals surface area contributed by atoms with Crippen molar-refractivity contribution in [1.82, 2.24) is 9.55 Å². The van der Waals surface area contributed by atoms with Crippen LogP contribution in [0.2, 0.25) is 0 Å². The molecule has 21 heavy (non-hydrogen) atoms. The fraction of sp³-hybridized carbons (Fsp3) is 0.636. The van der Waals surface area contributed by atoms with Gasteiger partial charge in [-0.1, -0.05) is 13.3 Å². The Morgan fingerprint density at radius 1 is 1.29 bits per heavy atom. The summed E-state index contributed by atoms with van der Waals surface area (Å²) < 4.78 is 22.9. The van der Waals surface area contributed by atoms with Crippen molar-refractivity contribution in [3.63, 3.8) is 0 Å². The number of rotatable bonds is 8. The number of H-pyrrole nitrogens is 1. The maximum Gasteiger partial charge on any atom is 0.330 e. The third-order valence-corrected chi connectivity index (χ3v) is 3.74. The number of nitrogens with two attached hydrogens (primary N) is 2. The lowest BCUT2D eigenvalue weighted by atomic mass is 10.3. The molecule has 0 aliphatic rings. The maximum absolute atomic E-state index is 11.7. The largest absolute Gasteiger partial charge is 0.383 e. The van der Waals surface area contributed by atoms with Crippen LogP contribution in [-0.4, -0.2) is 30.3 Å². The molecular weight excluding hydrogens is 298 g/mol. The van der Waals surface area contributed by atoms with Gasteiger partial charge in [-0.3, -0.25) is 14.3 Å². The summed E-state index contributed by atoms with van der Waals surface area (Å²) in [5.41, 5.74) is 4.72. The topological polar surface area (TPSA) is 153 Å². The number of nitrogens with zero attached hydrogens (tertiary/aromatic N) is 1. The monoisotopic (exact) mass is 319 g/mol. The molecule has 0 spiro atoms. The van der Waals surface area contributed by atoms with Crippen molar-refractivity contribution in [3.05, 3.63) is 20.8 Å². The number of hydrogen-bond donors (Lipinski definition) is 4. The number of unbranched alkanes of at least 4 members (excludes halogenated alkanes) is 1. The highest BCUT2D eigenvalue weighted by Gasteiger charge is 2.11. The van der Waals surface area contributed by atoms with Gasteiger partial charge < -0.3 is 11.1 Å². The van der Waals surface area contributed by atoms with Crippen molar-refractivity contribution in [2.75, 3.05) is 23.3 Å². The maximum atomic E-state index is 11.7. The molecule has 0 aromatic carbocycles. The number of nitrogens with one attached hydrogen (secondary N) is 2. The van der Waals surface area contributed by atoms with Crippen molar-refractivity contribution in [3.8, 4) is 0 Å². The molecule has 9 nitrogen and oxygen atoms in total. The van der Waals surface area contributed by atoms with Crippen molar-refractivity contribution in [2.24, 2.45) is 5.14 Å². The smallest absolute Gasteiger partial charge is 0.330 e. The molecule has 0 radical (unpaired) electrons. The first kappa shape index (κ1) is 17.2. The molecule has 10 heteroatoms. The standard InChI is InChI=1S/C11H21N5O4S/c1-2-3-6-16-9(12)8(10(17)15-11(16)18)14-5-4-7-21(13,19)20/h14H,2-7,12H2,1H3,(H2,13,19,20)(H,15,17,18). The van der Waals surface area contributed by atoms with Crippen molar-refractivity contribution in [2.45, 2.75) is 32.7 Å². The van der Waals surface area contributed by atoms with Gasteiger partial charge >= 0.3 is 5.69 Å². The van der Waals surface area contributed by atoms with Gasteiger partial charge in [-0.2, -0.15) is 0 Å². The molecule has 0 amide bonds. The van der Waals surface area contributed by atoms with Crippen molar-refractivity contribution >= 4 is 21.5 Å². The number of hydrogen-bond acceptors (Lipinski definition) is 6. The van der Waals surface area contributed by atoms with E-state index in [1.807, 2.05) is 6.92 Å². The minimum Gasteiger partial charge on any atom is -0.383 e. The lowest BCUT2D eigenvalue weighted by molar-refractivity contribution is 0.595. The Morgan fingerprint density at radius 2 is 1.95 bits per heavy atom. The van der Waals surface area contributed by atoms with E-state index in [9.17, 15) is 18.0 Å².